The van der Waals surface area contributed by atoms with E-state index in [1.165, 1.54) is 13.3 Å². The lowest BCUT2D eigenvalue weighted by atomic mass is 9.98. The van der Waals surface area contributed by atoms with Crippen LogP contribution in [0.15, 0.2) is 18.3 Å². The van der Waals surface area contributed by atoms with Gasteiger partial charge in [-0.05, 0) is 25.3 Å². The van der Waals surface area contributed by atoms with Crippen LogP contribution in [-0.4, -0.2) is 53.6 Å². The molecular weight excluding hydrogens is 450 g/mol. The fourth-order valence-electron chi connectivity index (χ4n) is 3.10. The summed E-state index contributed by atoms with van der Waals surface area (Å²) in [5.74, 6) is -1.78. The molecule has 0 spiro atoms. The minimum Gasteiger partial charge on any atom is -0.473 e. The van der Waals surface area contributed by atoms with Crippen LogP contribution in [0.2, 0.25) is 0 Å². The fraction of sp³-hybridized carbons (Fsp3) is 0.455. The molecule has 0 bridgehead atoms. The topological polar surface area (TPSA) is 141 Å². The highest BCUT2D eigenvalue weighted by atomic mass is 19.1. The van der Waals surface area contributed by atoms with Crippen LogP contribution >= 0.6 is 0 Å². The molecule has 0 aliphatic rings. The number of hydrogen-bond acceptors (Lipinski definition) is 8. The normalized spacial score (nSPS) is 12.5. The Morgan fingerprint density at radius 3 is 2.53 bits per heavy atom. The van der Waals surface area contributed by atoms with Crippen molar-refractivity contribution in [1.82, 2.24) is 15.3 Å². The first-order valence-electron chi connectivity index (χ1n) is 10.6. The minimum absolute atomic E-state index is 0.0252. The van der Waals surface area contributed by atoms with E-state index in [4.69, 9.17) is 14.6 Å². The molecule has 2 aromatic heterocycles. The maximum atomic E-state index is 14.7. The summed E-state index contributed by atoms with van der Waals surface area (Å²) in [5, 5.41) is 26.5. The smallest absolute Gasteiger partial charge is 0.404 e. The Kier molecular flexibility index (Phi) is 9.76. The molecule has 0 radical (unpaired) electrons. The van der Waals surface area contributed by atoms with E-state index in [0.717, 1.165) is 12.1 Å². The second-order valence-corrected chi connectivity index (χ2v) is 7.92. The van der Waals surface area contributed by atoms with Crippen molar-refractivity contribution in [3.05, 3.63) is 35.5 Å². The van der Waals surface area contributed by atoms with E-state index in [1.54, 1.807) is 6.92 Å². The zero-order valence-corrected chi connectivity index (χ0v) is 19.4. The average molecular weight is 479 g/mol. The Hall–Kier alpha value is -3.72. The van der Waals surface area contributed by atoms with Crippen molar-refractivity contribution in [2.45, 2.75) is 39.3 Å². The van der Waals surface area contributed by atoms with Gasteiger partial charge >= 0.3 is 6.09 Å². The van der Waals surface area contributed by atoms with Crippen LogP contribution in [0.5, 0.6) is 5.88 Å². The zero-order chi connectivity index (χ0) is 25.3. The summed E-state index contributed by atoms with van der Waals surface area (Å²) in [6, 6.07) is 2.90. The summed E-state index contributed by atoms with van der Waals surface area (Å²) in [7, 11) is 1.49. The molecule has 2 atom stereocenters. The summed E-state index contributed by atoms with van der Waals surface area (Å²) in [6.45, 7) is 5.93. The fourth-order valence-corrected chi connectivity index (χ4v) is 3.10. The van der Waals surface area contributed by atoms with Crippen molar-refractivity contribution in [2.24, 2.45) is 5.92 Å². The second-order valence-electron chi connectivity index (χ2n) is 7.92. The lowest BCUT2D eigenvalue weighted by Gasteiger charge is -2.27. The quantitative estimate of drug-likeness (QED) is 0.334. The lowest BCUT2D eigenvalue weighted by molar-refractivity contribution is 0.141. The molecule has 0 saturated carbocycles. The number of amides is 1. The van der Waals surface area contributed by atoms with E-state index in [9.17, 15) is 18.8 Å². The summed E-state index contributed by atoms with van der Waals surface area (Å²) in [5.41, 5.74) is 0.0544. The molecule has 10 nitrogen and oxygen atoms in total. The Morgan fingerprint density at radius 1 is 1.21 bits per heavy atom. The Balaban J connectivity index is 2.30. The van der Waals surface area contributed by atoms with E-state index in [0.29, 0.717) is 6.42 Å². The molecule has 4 N–H and O–H groups in total. The van der Waals surface area contributed by atoms with Gasteiger partial charge in [-0.1, -0.05) is 13.8 Å². The highest BCUT2D eigenvalue weighted by Crippen LogP contribution is 2.26. The molecule has 184 valence electrons. The lowest BCUT2D eigenvalue weighted by Crippen LogP contribution is -2.45. The van der Waals surface area contributed by atoms with Gasteiger partial charge < -0.3 is 30.5 Å². The predicted octanol–water partition coefficient (Wildman–Crippen LogP) is 3.88. The first kappa shape index (κ1) is 26.5. The number of rotatable bonds is 12. The van der Waals surface area contributed by atoms with E-state index < -0.39 is 29.8 Å². The van der Waals surface area contributed by atoms with Gasteiger partial charge in [0.25, 0.3) is 5.88 Å². The van der Waals surface area contributed by atoms with Gasteiger partial charge in [0.15, 0.2) is 23.3 Å². The van der Waals surface area contributed by atoms with Gasteiger partial charge in [-0.3, -0.25) is 0 Å². The van der Waals surface area contributed by atoms with Crippen molar-refractivity contribution in [2.75, 3.05) is 31.0 Å². The Morgan fingerprint density at radius 2 is 1.94 bits per heavy atom. The van der Waals surface area contributed by atoms with E-state index in [2.05, 4.69) is 25.9 Å². The molecule has 2 aromatic rings. The van der Waals surface area contributed by atoms with Gasteiger partial charge in [0, 0.05) is 25.3 Å². The number of nitriles is 1. The molecule has 2 rings (SSSR count). The van der Waals surface area contributed by atoms with Crippen LogP contribution in [-0.2, 0) is 4.74 Å². The second kappa shape index (κ2) is 12.5. The largest absolute Gasteiger partial charge is 0.473 e. The third-order valence-electron chi connectivity index (χ3n) is 4.70. The van der Waals surface area contributed by atoms with Crippen LogP contribution in [0.25, 0.3) is 0 Å². The van der Waals surface area contributed by atoms with E-state index in [-0.39, 0.29) is 47.9 Å². The number of aromatic nitrogens is 2. The number of pyridine rings is 2. The number of halogens is 2. The van der Waals surface area contributed by atoms with Crippen LogP contribution in [0.4, 0.5) is 30.9 Å². The van der Waals surface area contributed by atoms with Gasteiger partial charge in [0.1, 0.15) is 12.7 Å². The molecule has 1 amide bonds. The Bertz CT molecular complexity index is 1030. The molecule has 0 aromatic carbocycles. The molecule has 0 aliphatic heterocycles. The highest BCUT2D eigenvalue weighted by molar-refractivity contribution is 5.66. The summed E-state index contributed by atoms with van der Waals surface area (Å²) < 4.78 is 39.0. The molecule has 0 saturated heterocycles. The van der Waals surface area contributed by atoms with Gasteiger partial charge in [0.05, 0.1) is 24.1 Å². The molecule has 0 aliphatic carbocycles. The molecular formula is C22H28F2N6O4. The zero-order valence-electron chi connectivity index (χ0n) is 19.4. The van der Waals surface area contributed by atoms with Crippen LogP contribution < -0.4 is 20.7 Å². The number of hydrogen-bond donors (Lipinski definition) is 4. The van der Waals surface area contributed by atoms with Crippen LogP contribution in [0.1, 0.15) is 32.8 Å². The van der Waals surface area contributed by atoms with Crippen molar-refractivity contribution in [1.29, 1.82) is 5.26 Å². The molecule has 0 fully saturated rings. The van der Waals surface area contributed by atoms with Crippen molar-refractivity contribution in [3.63, 3.8) is 0 Å². The molecule has 2 heterocycles. The monoisotopic (exact) mass is 478 g/mol. The first-order chi connectivity index (χ1) is 16.1. The SMILES string of the molecule is COCCOc1ncc(Nc2nc(N[C@@H](CC(C)C)[C@H](C)NC(=O)O)c(F)cc2C#N)cc1F. The highest BCUT2D eigenvalue weighted by Gasteiger charge is 2.23. The maximum absolute atomic E-state index is 14.7. The van der Waals surface area contributed by atoms with E-state index >= 15 is 0 Å². The third-order valence-corrected chi connectivity index (χ3v) is 4.70. The number of anilines is 3. The molecule has 34 heavy (non-hydrogen) atoms. The summed E-state index contributed by atoms with van der Waals surface area (Å²) in [4.78, 5) is 19.1. The summed E-state index contributed by atoms with van der Waals surface area (Å²) >= 11 is 0. The van der Waals surface area contributed by atoms with Crippen molar-refractivity contribution in [3.8, 4) is 11.9 Å². The van der Waals surface area contributed by atoms with Crippen LogP contribution in [0, 0.1) is 28.9 Å². The number of methoxy groups -OCH3 is 1. The number of ether oxygens (including phenoxy) is 2. The minimum atomic E-state index is -1.21. The average Bonchev–Trinajstić information content (AvgIpc) is 2.76. The van der Waals surface area contributed by atoms with Gasteiger partial charge in [-0.25, -0.2) is 23.5 Å². The summed E-state index contributed by atoms with van der Waals surface area (Å²) in [6.07, 6.45) is 0.596. The predicted molar refractivity (Wildman–Crippen MR) is 121 cm³/mol. The number of nitrogens with zero attached hydrogens (tertiary/aromatic N) is 3. The first-order valence-corrected chi connectivity index (χ1v) is 10.6. The Labute approximate surface area is 196 Å². The molecule has 0 unspecified atom stereocenters. The van der Waals surface area contributed by atoms with Crippen molar-refractivity contribution < 1.29 is 28.2 Å². The molecule has 12 heteroatoms. The van der Waals surface area contributed by atoms with E-state index in [1.807, 2.05) is 19.9 Å². The van der Waals surface area contributed by atoms with Crippen LogP contribution in [0.3, 0.4) is 0 Å². The van der Waals surface area contributed by atoms with Gasteiger partial charge in [-0.2, -0.15) is 5.26 Å². The maximum Gasteiger partial charge on any atom is 0.404 e. The number of nitrogens with one attached hydrogen (secondary N) is 3. The van der Waals surface area contributed by atoms with Gasteiger partial charge in [-0.15, -0.1) is 0 Å². The standard InChI is InChI=1S/C22H28F2N6O4/c1-12(2)7-18(13(3)27-22(31)32)29-20-16(23)8-14(10-25)19(30-20)28-15-9-17(24)21(26-11-15)34-6-5-33-4/h8-9,11-13,18,27H,5-7H2,1-4H3,(H,31,32)(H2,28,29,30)/t13-,18-/m0/s1. The van der Waals surface area contributed by atoms with Crippen molar-refractivity contribution >= 4 is 23.4 Å². The third kappa shape index (κ3) is 7.70. The number of carbonyl (C=O) groups is 1. The van der Waals surface area contributed by atoms with Gasteiger partial charge in [0.2, 0.25) is 0 Å². The number of carboxylic acid groups (broad SMARTS) is 1.